The summed E-state index contributed by atoms with van der Waals surface area (Å²) in [6.07, 6.45) is 11.0. The van der Waals surface area contributed by atoms with Gasteiger partial charge in [-0.1, -0.05) is 49.6 Å². The number of carbonyl (C=O) groups excluding carboxylic acids is 1. The van der Waals surface area contributed by atoms with Crippen LogP contribution in [0.15, 0.2) is 36.7 Å². The second-order valence-electron chi connectivity index (χ2n) is 13.4. The summed E-state index contributed by atoms with van der Waals surface area (Å²) >= 11 is 6.83. The van der Waals surface area contributed by atoms with Crippen molar-refractivity contribution in [1.82, 2.24) is 25.0 Å². The molecule has 1 amide bonds. The SMILES string of the molecule is C#Cc1cnc2c(Cl)cc(N(C(=O)OCOP(=O)(O)O)[C@H](c3cn(C45CC(C4)C5)nn3)c3ccc(F)nc3C)cc2c1NCC(C)(C)C. The second-order valence-corrected chi connectivity index (χ2v) is 15.1. The summed E-state index contributed by atoms with van der Waals surface area (Å²) in [6, 6.07) is 4.66. The van der Waals surface area contributed by atoms with E-state index in [0.717, 1.165) is 25.3 Å². The number of hydrogen-bond acceptors (Lipinski definition) is 9. The fourth-order valence-corrected chi connectivity index (χ4v) is 6.67. The van der Waals surface area contributed by atoms with Crippen molar-refractivity contribution in [2.45, 2.75) is 58.5 Å². The first-order valence-electron chi connectivity index (χ1n) is 15.1. The maximum atomic E-state index is 14.3. The van der Waals surface area contributed by atoms with Crippen molar-refractivity contribution in [3.05, 3.63) is 70.1 Å². The lowest BCUT2D eigenvalue weighted by atomic mass is 9.50. The zero-order valence-electron chi connectivity index (χ0n) is 26.6. The Morgan fingerprint density at radius 1 is 1.31 bits per heavy atom. The molecule has 0 radical (unpaired) electrons. The number of nitrogens with one attached hydrogen (secondary N) is 1. The number of hydrogen-bond donors (Lipinski definition) is 3. The van der Waals surface area contributed by atoms with Gasteiger partial charge in [-0.3, -0.25) is 9.88 Å². The average molecular weight is 698 g/mol. The molecular formula is C32H34ClFN7O6P. The number of ether oxygens (including phenoxy) is 1. The predicted octanol–water partition coefficient (Wildman–Crippen LogP) is 6.07. The fourth-order valence-electron chi connectivity index (χ4n) is 6.22. The summed E-state index contributed by atoms with van der Waals surface area (Å²) in [5, 5.41) is 13.0. The Morgan fingerprint density at radius 2 is 2.04 bits per heavy atom. The van der Waals surface area contributed by atoms with Crippen LogP contribution >= 0.6 is 19.4 Å². The van der Waals surface area contributed by atoms with E-state index in [9.17, 15) is 23.5 Å². The third kappa shape index (κ3) is 6.61. The van der Waals surface area contributed by atoms with E-state index < -0.39 is 32.7 Å². The standard InChI is InChI=1S/C32H34ClFN7O6P/c1-6-20-14-35-28-23(27(20)36-16-31(3,4)5)9-21(10-24(28)33)41(30(42)46-17-47-48(43,44)45)29(22-7-8-26(34)37-18(22)2)25-15-40(39-38-25)32-11-19(12-32)13-32/h1,7-10,14-15,19,29H,11-13,16-17H2,2-5H3,(H,35,36)(H2,43,44,45)/t19?,29-,32?/m0/s1. The molecule has 13 nitrogen and oxygen atoms in total. The normalized spacial score (nSPS) is 19.2. The largest absolute Gasteiger partial charge is 0.472 e. The molecule has 3 N–H and O–H groups in total. The minimum Gasteiger partial charge on any atom is -0.421 e. The van der Waals surface area contributed by atoms with Crippen molar-refractivity contribution in [2.24, 2.45) is 11.3 Å². The van der Waals surface area contributed by atoms with Gasteiger partial charge < -0.3 is 19.8 Å². The summed E-state index contributed by atoms with van der Waals surface area (Å²) in [5.74, 6) is 2.57. The first kappa shape index (κ1) is 33.8. The van der Waals surface area contributed by atoms with E-state index in [2.05, 4.69) is 56.8 Å². The predicted molar refractivity (Wildman–Crippen MR) is 176 cm³/mol. The number of aryl methyl sites for hydroxylation is 1. The molecule has 0 spiro atoms. The number of carbonyl (C=O) groups is 1. The molecule has 7 rings (SSSR count). The van der Waals surface area contributed by atoms with E-state index in [1.807, 2.05) is 0 Å². The molecule has 4 aromatic rings. The number of nitrogens with zero attached hydrogens (tertiary/aromatic N) is 6. The summed E-state index contributed by atoms with van der Waals surface area (Å²) in [4.78, 5) is 42.2. The number of rotatable bonds is 10. The summed E-state index contributed by atoms with van der Waals surface area (Å²) in [6.45, 7) is 7.20. The average Bonchev–Trinajstić information content (AvgIpc) is 3.41. The Kier molecular flexibility index (Phi) is 8.72. The van der Waals surface area contributed by atoms with Crippen molar-refractivity contribution >= 4 is 47.8 Å². The highest BCUT2D eigenvalue weighted by Crippen LogP contribution is 2.62. The highest BCUT2D eigenvalue weighted by molar-refractivity contribution is 7.46. The highest BCUT2D eigenvalue weighted by Gasteiger charge is 2.59. The van der Waals surface area contributed by atoms with Crippen LogP contribution in [0.1, 0.15) is 68.6 Å². The van der Waals surface area contributed by atoms with Gasteiger partial charge in [0.1, 0.15) is 11.7 Å². The summed E-state index contributed by atoms with van der Waals surface area (Å²) in [7, 11) is -4.99. The van der Waals surface area contributed by atoms with Crippen molar-refractivity contribution in [3.8, 4) is 12.3 Å². The van der Waals surface area contributed by atoms with Crippen LogP contribution in [0.25, 0.3) is 10.9 Å². The molecule has 3 aromatic heterocycles. The number of amides is 1. The first-order chi connectivity index (χ1) is 22.6. The lowest BCUT2D eigenvalue weighted by Crippen LogP contribution is -2.59. The number of anilines is 2. The molecule has 1 atom stereocenters. The maximum Gasteiger partial charge on any atom is 0.472 e. The number of phosphoric acid groups is 1. The van der Waals surface area contributed by atoms with Crippen molar-refractivity contribution in [2.75, 3.05) is 23.6 Å². The topological polar surface area (TPSA) is 165 Å². The van der Waals surface area contributed by atoms with Crippen molar-refractivity contribution < 1.29 is 32.8 Å². The van der Waals surface area contributed by atoms with Crippen LogP contribution in [0.2, 0.25) is 5.02 Å². The van der Waals surface area contributed by atoms with E-state index in [0.29, 0.717) is 45.9 Å². The van der Waals surface area contributed by atoms with Crippen LogP contribution in [0.4, 0.5) is 20.6 Å². The molecule has 3 aliphatic carbocycles. The Hall–Kier alpha value is -4.12. The lowest BCUT2D eigenvalue weighted by Gasteiger charge is -2.61. The van der Waals surface area contributed by atoms with E-state index in [-0.39, 0.29) is 27.4 Å². The molecule has 3 aliphatic rings. The van der Waals surface area contributed by atoms with Gasteiger partial charge in [0.2, 0.25) is 12.7 Å². The van der Waals surface area contributed by atoms with Crippen LogP contribution in [0.3, 0.4) is 0 Å². The molecule has 1 aromatic carbocycles. The van der Waals surface area contributed by atoms with Crippen LogP contribution < -0.4 is 10.2 Å². The van der Waals surface area contributed by atoms with Crippen LogP contribution in [0.5, 0.6) is 0 Å². The third-order valence-electron chi connectivity index (χ3n) is 8.67. The van der Waals surface area contributed by atoms with Gasteiger partial charge in [-0.05, 0) is 55.7 Å². The number of benzene rings is 1. The molecule has 48 heavy (non-hydrogen) atoms. The number of terminal acetylenes is 1. The van der Waals surface area contributed by atoms with Gasteiger partial charge in [0, 0.05) is 29.4 Å². The highest BCUT2D eigenvalue weighted by atomic mass is 35.5. The van der Waals surface area contributed by atoms with Crippen LogP contribution in [-0.4, -0.2) is 54.2 Å². The minimum atomic E-state index is -4.99. The zero-order valence-corrected chi connectivity index (χ0v) is 28.3. The summed E-state index contributed by atoms with van der Waals surface area (Å²) in [5.41, 5.74) is 2.26. The monoisotopic (exact) mass is 697 g/mol. The quantitative estimate of drug-likeness (QED) is 0.0762. The van der Waals surface area contributed by atoms with E-state index in [4.69, 9.17) is 22.8 Å². The molecule has 0 unspecified atom stereocenters. The number of aromatic nitrogens is 5. The fraction of sp³-hybridized carbons (Fsp3) is 0.406. The van der Waals surface area contributed by atoms with Crippen LogP contribution in [-0.2, 0) is 19.4 Å². The molecule has 3 fully saturated rings. The van der Waals surface area contributed by atoms with Gasteiger partial charge in [0.05, 0.1) is 39.2 Å². The Bertz CT molecular complexity index is 1990. The molecule has 0 aliphatic heterocycles. The van der Waals surface area contributed by atoms with Gasteiger partial charge in [-0.15, -0.1) is 11.5 Å². The van der Waals surface area contributed by atoms with E-state index in [1.165, 1.54) is 23.2 Å². The molecular weight excluding hydrogens is 664 g/mol. The molecule has 2 bridgehead atoms. The number of pyridine rings is 2. The third-order valence-corrected chi connectivity index (χ3v) is 9.40. The maximum absolute atomic E-state index is 14.3. The zero-order chi connectivity index (χ0) is 34.6. The lowest BCUT2D eigenvalue weighted by molar-refractivity contribution is -0.0989. The van der Waals surface area contributed by atoms with E-state index in [1.54, 1.807) is 23.9 Å². The molecule has 252 valence electrons. The number of phosphoric ester groups is 1. The Labute approximate surface area is 281 Å². The Morgan fingerprint density at radius 3 is 2.65 bits per heavy atom. The smallest absolute Gasteiger partial charge is 0.421 e. The second kappa shape index (κ2) is 12.4. The number of halogens is 2. The first-order valence-corrected chi connectivity index (χ1v) is 17.0. The van der Waals surface area contributed by atoms with Gasteiger partial charge in [-0.25, -0.2) is 23.5 Å². The molecule has 3 heterocycles. The minimum absolute atomic E-state index is 0.137. The van der Waals surface area contributed by atoms with Crippen LogP contribution in [0, 0.1) is 36.5 Å². The molecule has 16 heteroatoms. The van der Waals surface area contributed by atoms with E-state index >= 15 is 0 Å². The molecule has 0 saturated heterocycles. The van der Waals surface area contributed by atoms with Crippen molar-refractivity contribution in [1.29, 1.82) is 0 Å². The van der Waals surface area contributed by atoms with Gasteiger partial charge in [-0.2, -0.15) is 4.39 Å². The van der Waals surface area contributed by atoms with Gasteiger partial charge in [0.15, 0.2) is 0 Å². The van der Waals surface area contributed by atoms with Gasteiger partial charge >= 0.3 is 13.9 Å². The molecule has 3 saturated carbocycles. The van der Waals surface area contributed by atoms with Gasteiger partial charge in [0.25, 0.3) is 0 Å². The summed E-state index contributed by atoms with van der Waals surface area (Å²) < 4.78 is 37.2. The number of fused-ring (bicyclic) bond motifs is 1. The Balaban J connectivity index is 1.55. The van der Waals surface area contributed by atoms with Crippen molar-refractivity contribution in [3.63, 3.8) is 0 Å².